The minimum Gasteiger partial charge on any atom is -0.489 e. The molecule has 2 nitrogen and oxygen atoms in total. The van der Waals surface area contributed by atoms with Gasteiger partial charge in [-0.2, -0.15) is 0 Å². The van der Waals surface area contributed by atoms with Crippen molar-refractivity contribution in [3.63, 3.8) is 0 Å². The predicted octanol–water partition coefficient (Wildman–Crippen LogP) is 4.31. The van der Waals surface area contributed by atoms with Gasteiger partial charge in [0, 0.05) is 18.2 Å². The van der Waals surface area contributed by atoms with E-state index in [-0.39, 0.29) is 11.6 Å². The summed E-state index contributed by atoms with van der Waals surface area (Å²) in [6.07, 6.45) is 2.54. The lowest BCUT2D eigenvalue weighted by atomic mass is 10.2. The zero-order valence-corrected chi connectivity index (χ0v) is 12.4. The summed E-state index contributed by atoms with van der Waals surface area (Å²) in [5, 5.41) is 3.58. The van der Waals surface area contributed by atoms with Gasteiger partial charge in [0.2, 0.25) is 0 Å². The van der Waals surface area contributed by atoms with Gasteiger partial charge in [0.15, 0.2) is 0 Å². The molecule has 0 heterocycles. The van der Waals surface area contributed by atoms with Gasteiger partial charge >= 0.3 is 0 Å². The second-order valence-electron chi connectivity index (χ2n) is 5.30. The maximum Gasteiger partial charge on any atom is 0.148 e. The van der Waals surface area contributed by atoms with Crippen molar-refractivity contribution in [3.8, 4) is 5.75 Å². The lowest BCUT2D eigenvalue weighted by Gasteiger charge is -2.10. The molecule has 1 aliphatic rings. The largest absolute Gasteiger partial charge is 0.489 e. The summed E-state index contributed by atoms with van der Waals surface area (Å²) < 4.78 is 19.4. The van der Waals surface area contributed by atoms with Gasteiger partial charge in [-0.15, -0.1) is 0 Å². The van der Waals surface area contributed by atoms with Gasteiger partial charge in [-0.3, -0.25) is 0 Å². The van der Waals surface area contributed by atoms with Crippen molar-refractivity contribution < 1.29 is 9.13 Å². The molecule has 1 N–H and O–H groups in total. The third-order valence-electron chi connectivity index (χ3n) is 3.50. The Balaban J connectivity index is 1.61. The predicted molar refractivity (Wildman–Crippen MR) is 82.0 cm³/mol. The highest BCUT2D eigenvalue weighted by atomic mass is 35.5. The van der Waals surface area contributed by atoms with E-state index in [0.717, 1.165) is 12.3 Å². The fourth-order valence-corrected chi connectivity index (χ4v) is 2.31. The summed E-state index contributed by atoms with van der Waals surface area (Å²) in [6, 6.07) is 13.5. The molecule has 110 valence electrons. The Morgan fingerprint density at radius 2 is 2.00 bits per heavy atom. The number of ether oxygens (including phenoxy) is 1. The van der Waals surface area contributed by atoms with E-state index in [1.165, 1.54) is 24.5 Å². The van der Waals surface area contributed by atoms with Crippen molar-refractivity contribution in [2.75, 3.05) is 0 Å². The van der Waals surface area contributed by atoms with Crippen LogP contribution in [0, 0.1) is 5.82 Å². The molecule has 3 rings (SSSR count). The summed E-state index contributed by atoms with van der Waals surface area (Å²) in [5.74, 6) is 0.329. The maximum absolute atomic E-state index is 13.8. The monoisotopic (exact) mass is 305 g/mol. The van der Waals surface area contributed by atoms with Crippen LogP contribution in [0.1, 0.15) is 24.0 Å². The Bertz CT molecular complexity index is 628. The highest BCUT2D eigenvalue weighted by Crippen LogP contribution is 2.22. The quantitative estimate of drug-likeness (QED) is 0.858. The molecule has 0 radical (unpaired) electrons. The fraction of sp³-hybridized carbons (Fsp3) is 0.294. The van der Waals surface area contributed by atoms with E-state index in [1.807, 2.05) is 18.2 Å². The van der Waals surface area contributed by atoms with E-state index >= 15 is 0 Å². The van der Waals surface area contributed by atoms with E-state index in [1.54, 1.807) is 12.1 Å². The fourth-order valence-electron chi connectivity index (χ4n) is 2.12. The van der Waals surface area contributed by atoms with Crippen LogP contribution in [-0.4, -0.2) is 6.04 Å². The van der Waals surface area contributed by atoms with Crippen molar-refractivity contribution in [1.29, 1.82) is 0 Å². The number of nitrogens with one attached hydrogen (secondary N) is 1. The van der Waals surface area contributed by atoms with E-state index in [2.05, 4.69) is 11.4 Å². The van der Waals surface area contributed by atoms with E-state index in [4.69, 9.17) is 16.3 Å². The molecule has 0 saturated heterocycles. The smallest absolute Gasteiger partial charge is 0.148 e. The molecule has 0 aliphatic heterocycles. The minimum absolute atomic E-state index is 0.124. The first kappa shape index (κ1) is 14.4. The lowest BCUT2D eigenvalue weighted by molar-refractivity contribution is 0.299. The Morgan fingerprint density at radius 1 is 1.19 bits per heavy atom. The van der Waals surface area contributed by atoms with Crippen LogP contribution >= 0.6 is 11.6 Å². The van der Waals surface area contributed by atoms with Crippen molar-refractivity contribution >= 4 is 11.6 Å². The van der Waals surface area contributed by atoms with Crippen LogP contribution < -0.4 is 10.1 Å². The van der Waals surface area contributed by atoms with Crippen LogP contribution in [0.15, 0.2) is 42.5 Å². The normalized spacial score (nSPS) is 14.2. The van der Waals surface area contributed by atoms with Gasteiger partial charge < -0.3 is 10.1 Å². The molecule has 1 aliphatic carbocycles. The Hall–Kier alpha value is -1.58. The molecular formula is C17H17ClFNO. The third kappa shape index (κ3) is 3.96. The average Bonchev–Trinajstić information content (AvgIpc) is 3.31. The highest BCUT2D eigenvalue weighted by Gasteiger charge is 2.19. The Morgan fingerprint density at radius 3 is 2.81 bits per heavy atom. The van der Waals surface area contributed by atoms with Crippen LogP contribution in [0.5, 0.6) is 5.75 Å². The second-order valence-corrected chi connectivity index (χ2v) is 5.71. The van der Waals surface area contributed by atoms with Crippen LogP contribution in [0.4, 0.5) is 4.39 Å². The lowest BCUT2D eigenvalue weighted by Crippen LogP contribution is -2.15. The van der Waals surface area contributed by atoms with Gasteiger partial charge in [-0.05, 0) is 36.6 Å². The first-order valence-electron chi connectivity index (χ1n) is 7.10. The molecule has 21 heavy (non-hydrogen) atoms. The molecule has 2 aromatic rings. The topological polar surface area (TPSA) is 21.3 Å². The molecule has 0 spiro atoms. The van der Waals surface area contributed by atoms with Gasteiger partial charge in [0.05, 0.1) is 5.02 Å². The molecule has 0 bridgehead atoms. The molecule has 0 aromatic heterocycles. The van der Waals surface area contributed by atoms with Gasteiger partial charge in [0.25, 0.3) is 0 Å². The van der Waals surface area contributed by atoms with Crippen LogP contribution in [0.25, 0.3) is 0 Å². The molecule has 4 heteroatoms. The van der Waals surface area contributed by atoms with Gasteiger partial charge in [0.1, 0.15) is 18.2 Å². The van der Waals surface area contributed by atoms with E-state index < -0.39 is 5.82 Å². The third-order valence-corrected chi connectivity index (χ3v) is 3.79. The zero-order valence-electron chi connectivity index (χ0n) is 11.6. The molecular weight excluding hydrogens is 289 g/mol. The van der Waals surface area contributed by atoms with Gasteiger partial charge in [-0.1, -0.05) is 35.9 Å². The number of rotatable bonds is 6. The molecule has 0 amide bonds. The molecule has 0 unspecified atom stereocenters. The summed E-state index contributed by atoms with van der Waals surface area (Å²) in [4.78, 5) is 0. The number of halogens is 2. The van der Waals surface area contributed by atoms with E-state index in [9.17, 15) is 4.39 Å². The zero-order chi connectivity index (χ0) is 14.7. The summed E-state index contributed by atoms with van der Waals surface area (Å²) in [7, 11) is 0. The molecule has 2 aromatic carbocycles. The SMILES string of the molecule is Fc1c(Cl)cccc1COc1cccc(CNC2CC2)c1. The van der Waals surface area contributed by atoms with Crippen molar-refractivity contribution in [3.05, 3.63) is 64.4 Å². The highest BCUT2D eigenvalue weighted by molar-refractivity contribution is 6.30. The van der Waals surface area contributed by atoms with Crippen molar-refractivity contribution in [2.24, 2.45) is 0 Å². The van der Waals surface area contributed by atoms with Gasteiger partial charge in [-0.25, -0.2) is 4.39 Å². The summed E-state index contributed by atoms with van der Waals surface area (Å²) >= 11 is 5.76. The van der Waals surface area contributed by atoms with E-state index in [0.29, 0.717) is 11.6 Å². The molecule has 1 saturated carbocycles. The van der Waals surface area contributed by atoms with Crippen LogP contribution in [-0.2, 0) is 13.2 Å². The second kappa shape index (κ2) is 6.46. The maximum atomic E-state index is 13.8. The summed E-state index contributed by atoms with van der Waals surface area (Å²) in [6.45, 7) is 1.01. The standard InChI is InChI=1S/C17H17ClFNO/c18-16-6-2-4-13(17(16)19)11-21-15-5-1-3-12(9-15)10-20-14-7-8-14/h1-6,9,14,20H,7-8,10-11H2. The number of hydrogen-bond acceptors (Lipinski definition) is 2. The minimum atomic E-state index is -0.411. The first-order chi connectivity index (χ1) is 10.2. The Kier molecular flexibility index (Phi) is 4.42. The van der Waals surface area contributed by atoms with Crippen LogP contribution in [0.2, 0.25) is 5.02 Å². The first-order valence-corrected chi connectivity index (χ1v) is 7.48. The number of hydrogen-bond donors (Lipinski definition) is 1. The Labute approximate surface area is 128 Å². The van der Waals surface area contributed by atoms with Crippen molar-refractivity contribution in [2.45, 2.75) is 32.0 Å². The average molecular weight is 306 g/mol. The number of benzene rings is 2. The summed E-state index contributed by atoms with van der Waals surface area (Å²) in [5.41, 5.74) is 1.63. The van der Waals surface area contributed by atoms with Crippen LogP contribution in [0.3, 0.4) is 0 Å². The van der Waals surface area contributed by atoms with Crippen molar-refractivity contribution in [1.82, 2.24) is 5.32 Å². The molecule has 0 atom stereocenters. The molecule has 1 fully saturated rings.